The third-order valence-electron chi connectivity index (χ3n) is 1.35. The van der Waals surface area contributed by atoms with Crippen molar-refractivity contribution in [3.63, 3.8) is 0 Å². The molecule has 0 amide bonds. The van der Waals surface area contributed by atoms with Gasteiger partial charge in [0.2, 0.25) is 0 Å². The van der Waals surface area contributed by atoms with Gasteiger partial charge in [0.1, 0.15) is 6.10 Å². The normalized spacial score (nSPS) is 13.5. The van der Waals surface area contributed by atoms with Crippen LogP contribution in [0.3, 0.4) is 0 Å². The largest absolute Gasteiger partial charge is 0.295 e. The summed E-state index contributed by atoms with van der Waals surface area (Å²) >= 11 is 0. The van der Waals surface area contributed by atoms with E-state index in [2.05, 4.69) is 15.0 Å². The number of nitrogens with one attached hydrogen (secondary N) is 1. The predicted molar refractivity (Wildman–Crippen MR) is 37.0 cm³/mol. The zero-order valence-electron chi connectivity index (χ0n) is 6.09. The maximum Gasteiger partial charge on any atom is 0.120 e. The van der Waals surface area contributed by atoms with Crippen LogP contribution in [0.15, 0.2) is 6.07 Å². The van der Waals surface area contributed by atoms with Crippen LogP contribution < -0.4 is 5.90 Å². The zero-order chi connectivity index (χ0) is 7.56. The second-order valence-corrected chi connectivity index (χ2v) is 2.25. The number of nitrogens with zero attached hydrogens (tertiary/aromatic N) is 1. The first-order valence-corrected chi connectivity index (χ1v) is 3.11. The Morgan fingerprint density at radius 2 is 2.50 bits per heavy atom. The number of aromatic nitrogens is 2. The molecule has 3 N–H and O–H groups in total. The summed E-state index contributed by atoms with van der Waals surface area (Å²) in [6, 6.07) is 1.90. The number of rotatable bonds is 2. The van der Waals surface area contributed by atoms with E-state index in [1.807, 2.05) is 19.9 Å². The quantitative estimate of drug-likeness (QED) is 0.595. The molecule has 0 spiro atoms. The van der Waals surface area contributed by atoms with E-state index in [0.717, 1.165) is 11.4 Å². The average Bonchev–Trinajstić information content (AvgIpc) is 2.34. The fraction of sp³-hybridized carbons (Fsp3) is 0.500. The maximum atomic E-state index is 4.96. The number of aromatic amines is 1. The van der Waals surface area contributed by atoms with E-state index in [4.69, 9.17) is 5.90 Å². The van der Waals surface area contributed by atoms with Crippen molar-refractivity contribution in [1.82, 2.24) is 10.2 Å². The first-order valence-electron chi connectivity index (χ1n) is 3.11. The molecule has 1 unspecified atom stereocenters. The van der Waals surface area contributed by atoms with Crippen molar-refractivity contribution < 1.29 is 4.84 Å². The van der Waals surface area contributed by atoms with Crippen LogP contribution in [-0.2, 0) is 4.84 Å². The Morgan fingerprint density at radius 1 is 1.80 bits per heavy atom. The molecule has 1 atom stereocenters. The van der Waals surface area contributed by atoms with Crippen LogP contribution in [0.4, 0.5) is 0 Å². The van der Waals surface area contributed by atoms with Gasteiger partial charge in [-0.15, -0.1) is 0 Å². The molecule has 0 aliphatic rings. The van der Waals surface area contributed by atoms with Gasteiger partial charge in [0.15, 0.2) is 0 Å². The van der Waals surface area contributed by atoms with E-state index < -0.39 is 0 Å². The van der Waals surface area contributed by atoms with E-state index in [-0.39, 0.29) is 6.10 Å². The number of H-pyrrole nitrogens is 1. The summed E-state index contributed by atoms with van der Waals surface area (Å²) in [5.74, 6) is 4.96. The Hall–Kier alpha value is -0.870. The van der Waals surface area contributed by atoms with Crippen molar-refractivity contribution in [2.75, 3.05) is 0 Å². The Bertz CT molecular complexity index is 209. The lowest BCUT2D eigenvalue weighted by Crippen LogP contribution is -2.05. The Kier molecular flexibility index (Phi) is 2.03. The van der Waals surface area contributed by atoms with E-state index in [0.29, 0.717) is 0 Å². The van der Waals surface area contributed by atoms with Crippen LogP contribution in [0.1, 0.15) is 24.4 Å². The zero-order valence-corrected chi connectivity index (χ0v) is 6.09. The third-order valence-corrected chi connectivity index (χ3v) is 1.35. The standard InChI is InChI=1S/C6H11N3O/c1-4-3-6(9-8-4)5(2)10-7/h3,5H,7H2,1-2H3,(H,8,9). The molecule has 1 rings (SSSR count). The third kappa shape index (κ3) is 1.34. The van der Waals surface area contributed by atoms with Crippen LogP contribution in [0.2, 0.25) is 0 Å². The molecular formula is C6H11N3O. The molecule has 0 fully saturated rings. The van der Waals surface area contributed by atoms with Gasteiger partial charge in [-0.3, -0.25) is 9.94 Å². The predicted octanol–water partition coefficient (Wildman–Crippen LogP) is 0.669. The number of nitrogens with two attached hydrogens (primary N) is 1. The fourth-order valence-electron chi connectivity index (χ4n) is 0.717. The van der Waals surface area contributed by atoms with Crippen molar-refractivity contribution in [1.29, 1.82) is 0 Å². The van der Waals surface area contributed by atoms with Gasteiger partial charge < -0.3 is 0 Å². The highest BCUT2D eigenvalue weighted by molar-refractivity contribution is 5.08. The van der Waals surface area contributed by atoms with Gasteiger partial charge in [0.25, 0.3) is 0 Å². The van der Waals surface area contributed by atoms with Crippen LogP contribution >= 0.6 is 0 Å². The van der Waals surface area contributed by atoms with Crippen LogP contribution in [0.25, 0.3) is 0 Å². The summed E-state index contributed by atoms with van der Waals surface area (Å²) in [5.41, 5.74) is 1.85. The van der Waals surface area contributed by atoms with Gasteiger partial charge >= 0.3 is 0 Å². The minimum atomic E-state index is -0.134. The molecule has 10 heavy (non-hydrogen) atoms. The van der Waals surface area contributed by atoms with Crippen molar-refractivity contribution in [3.8, 4) is 0 Å². The van der Waals surface area contributed by atoms with Gasteiger partial charge in [0, 0.05) is 5.69 Å². The first-order chi connectivity index (χ1) is 4.74. The summed E-state index contributed by atoms with van der Waals surface area (Å²) in [5, 5.41) is 6.75. The number of hydrogen-bond donors (Lipinski definition) is 2. The summed E-state index contributed by atoms with van der Waals surface area (Å²) in [6.45, 7) is 3.77. The van der Waals surface area contributed by atoms with Gasteiger partial charge in [-0.2, -0.15) is 5.10 Å². The smallest absolute Gasteiger partial charge is 0.120 e. The van der Waals surface area contributed by atoms with Crippen molar-refractivity contribution in [2.45, 2.75) is 20.0 Å². The van der Waals surface area contributed by atoms with Gasteiger partial charge in [0.05, 0.1) is 5.69 Å². The molecule has 0 aliphatic carbocycles. The Balaban J connectivity index is 2.74. The highest BCUT2D eigenvalue weighted by Crippen LogP contribution is 2.11. The second kappa shape index (κ2) is 2.81. The minimum absolute atomic E-state index is 0.134. The molecule has 1 heterocycles. The molecule has 0 bridgehead atoms. The van der Waals surface area contributed by atoms with Crippen LogP contribution in [0.5, 0.6) is 0 Å². The monoisotopic (exact) mass is 141 g/mol. The van der Waals surface area contributed by atoms with Crippen molar-refractivity contribution in [2.24, 2.45) is 5.90 Å². The maximum absolute atomic E-state index is 4.96. The first kappa shape index (κ1) is 7.24. The summed E-state index contributed by atoms with van der Waals surface area (Å²) in [4.78, 5) is 4.57. The highest BCUT2D eigenvalue weighted by atomic mass is 16.6. The molecule has 4 nitrogen and oxygen atoms in total. The number of hydrogen-bond acceptors (Lipinski definition) is 3. The lowest BCUT2D eigenvalue weighted by atomic mass is 10.3. The molecule has 0 aliphatic heterocycles. The Labute approximate surface area is 59.3 Å². The summed E-state index contributed by atoms with van der Waals surface area (Å²) < 4.78 is 0. The molecule has 4 heteroatoms. The van der Waals surface area contributed by atoms with E-state index >= 15 is 0 Å². The van der Waals surface area contributed by atoms with E-state index in [1.165, 1.54) is 0 Å². The van der Waals surface area contributed by atoms with E-state index in [1.54, 1.807) is 0 Å². The van der Waals surface area contributed by atoms with Gasteiger partial charge in [-0.05, 0) is 19.9 Å². The lowest BCUT2D eigenvalue weighted by molar-refractivity contribution is 0.0634. The molecule has 0 aromatic carbocycles. The average molecular weight is 141 g/mol. The highest BCUT2D eigenvalue weighted by Gasteiger charge is 2.06. The molecule has 0 saturated carbocycles. The van der Waals surface area contributed by atoms with Crippen molar-refractivity contribution in [3.05, 3.63) is 17.5 Å². The molecule has 1 aromatic rings. The Morgan fingerprint density at radius 3 is 2.90 bits per heavy atom. The second-order valence-electron chi connectivity index (χ2n) is 2.25. The minimum Gasteiger partial charge on any atom is -0.295 e. The summed E-state index contributed by atoms with van der Waals surface area (Å²) in [7, 11) is 0. The molecule has 56 valence electrons. The van der Waals surface area contributed by atoms with Crippen LogP contribution in [0, 0.1) is 6.92 Å². The van der Waals surface area contributed by atoms with Gasteiger partial charge in [-0.25, -0.2) is 5.90 Å². The number of aryl methyl sites for hydroxylation is 1. The summed E-state index contributed by atoms with van der Waals surface area (Å²) in [6.07, 6.45) is -0.134. The van der Waals surface area contributed by atoms with Crippen LogP contribution in [-0.4, -0.2) is 10.2 Å². The molecule has 0 radical (unpaired) electrons. The fourth-order valence-corrected chi connectivity index (χ4v) is 0.717. The molecule has 0 saturated heterocycles. The van der Waals surface area contributed by atoms with Crippen molar-refractivity contribution >= 4 is 0 Å². The van der Waals surface area contributed by atoms with E-state index in [9.17, 15) is 0 Å². The molecule has 1 aromatic heterocycles. The molecular weight excluding hydrogens is 130 g/mol. The topological polar surface area (TPSA) is 63.9 Å². The lowest BCUT2D eigenvalue weighted by Gasteiger charge is -2.01. The SMILES string of the molecule is Cc1cc(C(C)ON)n[nH]1. The van der Waals surface area contributed by atoms with Gasteiger partial charge in [-0.1, -0.05) is 0 Å².